The number of rotatable bonds is 6. The number of morpholine rings is 1. The fourth-order valence-corrected chi connectivity index (χ4v) is 4.24. The van der Waals surface area contributed by atoms with E-state index in [1.54, 1.807) is 12.1 Å². The maximum Gasteiger partial charge on any atom is 0.296 e. The summed E-state index contributed by atoms with van der Waals surface area (Å²) in [5.41, 5.74) is 1.02. The van der Waals surface area contributed by atoms with E-state index in [1.807, 2.05) is 11.8 Å². The molecular weight excluding hydrogens is 390 g/mol. The molecule has 0 radical (unpaired) electrons. The van der Waals surface area contributed by atoms with Crippen molar-refractivity contribution in [3.05, 3.63) is 29.8 Å². The zero-order valence-electron chi connectivity index (χ0n) is 17.5. The van der Waals surface area contributed by atoms with Crippen LogP contribution in [-0.4, -0.2) is 70.8 Å². The van der Waals surface area contributed by atoms with Crippen molar-refractivity contribution in [3.63, 3.8) is 0 Å². The first kappa shape index (κ1) is 23.6. The highest BCUT2D eigenvalue weighted by atomic mass is 32.2. The number of benzene rings is 1. The van der Waals surface area contributed by atoms with E-state index in [0.717, 1.165) is 52.1 Å². The fraction of sp³-hybridized carbons (Fsp3) is 0.667. The van der Waals surface area contributed by atoms with Crippen molar-refractivity contribution in [1.29, 1.82) is 5.26 Å². The Hall–Kier alpha value is -1.66. The van der Waals surface area contributed by atoms with Crippen LogP contribution in [0.25, 0.3) is 0 Å². The Kier molecular flexibility index (Phi) is 9.88. The largest absolute Gasteiger partial charge is 0.379 e. The van der Waals surface area contributed by atoms with Gasteiger partial charge in [0.05, 0.1) is 25.2 Å². The van der Waals surface area contributed by atoms with Gasteiger partial charge in [0.15, 0.2) is 6.19 Å². The first-order valence-electron chi connectivity index (χ1n) is 10.3. The van der Waals surface area contributed by atoms with Gasteiger partial charge in [-0.05, 0) is 31.9 Å². The minimum Gasteiger partial charge on any atom is -0.379 e. The average molecular weight is 424 g/mol. The predicted molar refractivity (Wildman–Crippen MR) is 112 cm³/mol. The number of hydrogen-bond donors (Lipinski definition) is 0. The van der Waals surface area contributed by atoms with Gasteiger partial charge in [-0.1, -0.05) is 37.0 Å². The summed E-state index contributed by atoms with van der Waals surface area (Å²) in [6, 6.07) is 7.01. The van der Waals surface area contributed by atoms with Crippen LogP contribution in [0.5, 0.6) is 0 Å². The van der Waals surface area contributed by atoms with Crippen molar-refractivity contribution in [2.24, 2.45) is 0 Å². The summed E-state index contributed by atoms with van der Waals surface area (Å²) in [6.45, 7) is 7.51. The lowest BCUT2D eigenvalue weighted by Crippen LogP contribution is -2.43. The van der Waals surface area contributed by atoms with E-state index in [2.05, 4.69) is 15.3 Å². The quantitative estimate of drug-likeness (QED) is 0.395. The van der Waals surface area contributed by atoms with Gasteiger partial charge in [-0.2, -0.15) is 13.7 Å². The topological polar surface area (TPSA) is 82.9 Å². The van der Waals surface area contributed by atoms with Crippen molar-refractivity contribution in [1.82, 2.24) is 9.80 Å². The Bertz CT molecular complexity index is 734. The molecular formula is C21H33N3O4S. The number of nitriles is 1. The van der Waals surface area contributed by atoms with Crippen LogP contribution < -0.4 is 0 Å². The smallest absolute Gasteiger partial charge is 0.296 e. The third-order valence-electron chi connectivity index (χ3n) is 5.43. The van der Waals surface area contributed by atoms with E-state index < -0.39 is 10.1 Å². The van der Waals surface area contributed by atoms with Gasteiger partial charge in [-0.3, -0.25) is 9.08 Å². The van der Waals surface area contributed by atoms with Gasteiger partial charge in [0.1, 0.15) is 0 Å². The summed E-state index contributed by atoms with van der Waals surface area (Å²) in [7, 11) is -2.37. The zero-order chi connectivity index (χ0) is 21.1. The molecule has 1 aliphatic carbocycles. The highest BCUT2D eigenvalue weighted by molar-refractivity contribution is 7.86. The third kappa shape index (κ3) is 7.94. The first-order chi connectivity index (χ1) is 14.0. The van der Waals surface area contributed by atoms with Crippen molar-refractivity contribution >= 4 is 10.1 Å². The predicted octanol–water partition coefficient (Wildman–Crippen LogP) is 2.76. The van der Waals surface area contributed by atoms with Gasteiger partial charge < -0.3 is 9.64 Å². The second kappa shape index (κ2) is 12.1. The molecule has 1 aromatic rings. The highest BCUT2D eigenvalue weighted by Crippen LogP contribution is 2.22. The Morgan fingerprint density at radius 1 is 1.17 bits per heavy atom. The molecule has 0 spiro atoms. The van der Waals surface area contributed by atoms with Crippen LogP contribution in [-0.2, 0) is 19.0 Å². The van der Waals surface area contributed by atoms with Crippen LogP contribution in [0.15, 0.2) is 29.2 Å². The lowest BCUT2D eigenvalue weighted by atomic mass is 9.94. The van der Waals surface area contributed by atoms with E-state index >= 15 is 0 Å². The SMILES string of the molecule is COS(=O)(=O)c1ccc(C)cc1.N#CN(CCN1CCOCC1)C1CCCCC1. The number of hydrogen-bond acceptors (Lipinski definition) is 7. The Morgan fingerprint density at radius 2 is 1.79 bits per heavy atom. The van der Waals surface area contributed by atoms with E-state index in [1.165, 1.54) is 44.2 Å². The van der Waals surface area contributed by atoms with Crippen LogP contribution in [0.4, 0.5) is 0 Å². The van der Waals surface area contributed by atoms with Gasteiger partial charge in [-0.15, -0.1) is 0 Å². The second-order valence-electron chi connectivity index (χ2n) is 7.47. The molecule has 162 valence electrons. The number of ether oxygens (including phenoxy) is 1. The van der Waals surface area contributed by atoms with Crippen LogP contribution >= 0.6 is 0 Å². The van der Waals surface area contributed by atoms with Gasteiger partial charge in [0.25, 0.3) is 10.1 Å². The molecule has 1 saturated heterocycles. The molecule has 1 aromatic carbocycles. The summed E-state index contributed by atoms with van der Waals surface area (Å²) in [5, 5.41) is 9.24. The molecule has 29 heavy (non-hydrogen) atoms. The lowest BCUT2D eigenvalue weighted by molar-refractivity contribution is 0.0335. The summed E-state index contributed by atoms with van der Waals surface area (Å²) in [6.07, 6.45) is 8.73. The maximum absolute atomic E-state index is 11.1. The van der Waals surface area contributed by atoms with Crippen LogP contribution in [0, 0.1) is 18.4 Å². The van der Waals surface area contributed by atoms with Crippen molar-refractivity contribution in [2.75, 3.05) is 46.5 Å². The highest BCUT2D eigenvalue weighted by Gasteiger charge is 2.21. The van der Waals surface area contributed by atoms with Crippen molar-refractivity contribution < 1.29 is 17.3 Å². The van der Waals surface area contributed by atoms with Gasteiger partial charge in [-0.25, -0.2) is 0 Å². The molecule has 0 unspecified atom stereocenters. The van der Waals surface area contributed by atoms with E-state index in [9.17, 15) is 13.7 Å². The normalized spacial score (nSPS) is 18.4. The minimum absolute atomic E-state index is 0.190. The molecule has 2 aliphatic rings. The molecule has 8 heteroatoms. The molecule has 1 heterocycles. The average Bonchev–Trinajstić information content (AvgIpc) is 2.76. The molecule has 1 aliphatic heterocycles. The monoisotopic (exact) mass is 423 g/mol. The van der Waals surface area contributed by atoms with Gasteiger partial charge >= 0.3 is 0 Å². The molecule has 7 nitrogen and oxygen atoms in total. The molecule has 1 saturated carbocycles. The molecule has 2 fully saturated rings. The molecule has 0 bridgehead atoms. The number of nitrogens with zero attached hydrogens (tertiary/aromatic N) is 3. The molecule has 3 rings (SSSR count). The maximum atomic E-state index is 11.1. The third-order valence-corrected chi connectivity index (χ3v) is 6.72. The Labute approximate surface area is 175 Å². The molecule has 0 aromatic heterocycles. The first-order valence-corrected chi connectivity index (χ1v) is 11.7. The van der Waals surface area contributed by atoms with Gasteiger partial charge in [0.2, 0.25) is 0 Å². The van der Waals surface area contributed by atoms with Crippen molar-refractivity contribution in [2.45, 2.75) is 50.0 Å². The fourth-order valence-electron chi connectivity index (χ4n) is 3.58. The van der Waals surface area contributed by atoms with E-state index in [0.29, 0.717) is 6.04 Å². The van der Waals surface area contributed by atoms with Gasteiger partial charge in [0, 0.05) is 32.2 Å². The molecule has 0 N–H and O–H groups in total. The number of aryl methyl sites for hydroxylation is 1. The molecule has 0 atom stereocenters. The van der Waals surface area contributed by atoms with E-state index in [4.69, 9.17) is 4.74 Å². The van der Waals surface area contributed by atoms with E-state index in [-0.39, 0.29) is 4.90 Å². The standard InChI is InChI=1S/C13H23N3O.C8H10O3S/c14-12-16(13-4-2-1-3-5-13)7-6-15-8-10-17-11-9-15;1-7-3-5-8(6-4-7)12(9,10)11-2/h13H,1-11H2;3-6H,1-2H3. The van der Waals surface area contributed by atoms with Crippen LogP contribution in [0.3, 0.4) is 0 Å². The Morgan fingerprint density at radius 3 is 2.34 bits per heavy atom. The van der Waals surface area contributed by atoms with Crippen molar-refractivity contribution in [3.8, 4) is 6.19 Å². The second-order valence-corrected chi connectivity index (χ2v) is 9.19. The summed E-state index contributed by atoms with van der Waals surface area (Å²) < 4.78 is 31.8. The zero-order valence-corrected chi connectivity index (χ0v) is 18.4. The van der Waals surface area contributed by atoms with Crippen LogP contribution in [0.1, 0.15) is 37.7 Å². The summed E-state index contributed by atoms with van der Waals surface area (Å²) >= 11 is 0. The van der Waals surface area contributed by atoms with Crippen LogP contribution in [0.2, 0.25) is 0 Å². The lowest BCUT2D eigenvalue weighted by Gasteiger charge is -2.33. The Balaban J connectivity index is 0.000000221. The summed E-state index contributed by atoms with van der Waals surface area (Å²) in [4.78, 5) is 4.60. The molecule has 0 amide bonds. The minimum atomic E-state index is -3.51. The summed E-state index contributed by atoms with van der Waals surface area (Å²) in [5.74, 6) is 0.